The maximum absolute atomic E-state index is 15.7. The van der Waals surface area contributed by atoms with Gasteiger partial charge in [-0.3, -0.25) is 24.0 Å². The zero-order chi connectivity index (χ0) is 46.2. The average molecular weight is 900 g/mol. The molecule has 14 nitrogen and oxygen atoms in total. The maximum atomic E-state index is 15.7. The summed E-state index contributed by atoms with van der Waals surface area (Å²) in [6.45, 7) is 5.27. The Kier molecular flexibility index (Phi) is 12.6. The van der Waals surface area contributed by atoms with Gasteiger partial charge in [-0.05, 0) is 69.2 Å². The number of hydrogen-bond donors (Lipinski definition) is 3. The van der Waals surface area contributed by atoms with Gasteiger partial charge in [0.2, 0.25) is 17.6 Å². The third-order valence-electron chi connectivity index (χ3n) is 13.3. The summed E-state index contributed by atoms with van der Waals surface area (Å²) in [7, 11) is 0. The number of nitrogens with one attached hydrogen (secondary N) is 1. The number of likely N-dealkylation sites (tertiary alicyclic amines) is 1. The second-order valence-corrected chi connectivity index (χ2v) is 18.9. The molecule has 1 aliphatic carbocycles. The Morgan fingerprint density at radius 1 is 0.909 bits per heavy atom. The van der Waals surface area contributed by atoms with E-state index in [-0.39, 0.29) is 38.1 Å². The molecule has 2 amide bonds. The zero-order valence-electron chi connectivity index (χ0n) is 37.4. The number of hydroxylamine groups is 2. The highest BCUT2D eigenvalue weighted by Gasteiger charge is 2.77. The lowest BCUT2D eigenvalue weighted by Crippen LogP contribution is -2.70. The van der Waals surface area contributed by atoms with E-state index in [1.165, 1.54) is 0 Å². The first-order valence-corrected chi connectivity index (χ1v) is 22.9. The van der Waals surface area contributed by atoms with Gasteiger partial charge in [-0.1, -0.05) is 115 Å². The number of ether oxygens (including phenoxy) is 4. The zero-order valence-corrected chi connectivity index (χ0v) is 37.4. The van der Waals surface area contributed by atoms with Crippen molar-refractivity contribution in [3.05, 3.63) is 143 Å². The molecule has 0 aromatic heterocycles. The van der Waals surface area contributed by atoms with Gasteiger partial charge < -0.3 is 39.4 Å². The van der Waals surface area contributed by atoms with Crippen molar-refractivity contribution in [2.24, 2.45) is 5.41 Å². The van der Waals surface area contributed by atoms with E-state index in [4.69, 9.17) is 23.8 Å². The SMILES string of the molecule is CC(C)(C)OC(=O)CC[C@@H](CO)NC(=O)[C@H]1CCCN1C(=O)[C@@]12C[C@H]3OC(=O)[C@@H]1N(Cc1ccc(C=CCc4ccccc4O)cc1)O[C@@H]2[C@H]1OC(c2ccccc2)(c2ccccc2)O[C@H]13. The Morgan fingerprint density at radius 2 is 1.58 bits per heavy atom. The predicted octanol–water partition coefficient (Wildman–Crippen LogP) is 5.72. The fraction of sp³-hybridized carbons (Fsp3) is 0.423. The Morgan fingerprint density at radius 3 is 2.24 bits per heavy atom. The number of aliphatic hydroxyl groups excluding tert-OH is 1. The Hall–Kier alpha value is -5.90. The average Bonchev–Trinajstić information content (AvgIpc) is 4.06. The molecule has 5 fully saturated rings. The van der Waals surface area contributed by atoms with Gasteiger partial charge in [0, 0.05) is 30.5 Å². The topological polar surface area (TPSA) is 173 Å². The molecule has 4 aromatic rings. The number of nitrogens with zero attached hydrogens (tertiary/aromatic N) is 2. The first-order valence-electron chi connectivity index (χ1n) is 22.9. The Labute approximate surface area is 384 Å². The number of phenolic OH excluding ortho intramolecular Hbond substituents is 1. The quantitative estimate of drug-likeness (QED) is 0.132. The lowest BCUT2D eigenvalue weighted by atomic mass is 9.62. The third-order valence-corrected chi connectivity index (χ3v) is 13.3. The molecule has 4 aromatic carbocycles. The van der Waals surface area contributed by atoms with Crippen LogP contribution in [0.5, 0.6) is 5.75 Å². The van der Waals surface area contributed by atoms with Gasteiger partial charge in [0.1, 0.15) is 47.2 Å². The van der Waals surface area contributed by atoms with Crippen LogP contribution >= 0.6 is 0 Å². The smallest absolute Gasteiger partial charge is 0.327 e. The van der Waals surface area contributed by atoms with Crippen molar-refractivity contribution in [2.75, 3.05) is 13.2 Å². The molecule has 8 atom stereocenters. The van der Waals surface area contributed by atoms with Crippen LogP contribution < -0.4 is 5.32 Å². The van der Waals surface area contributed by atoms with Crippen LogP contribution in [0, 0.1) is 5.41 Å². The fourth-order valence-electron chi connectivity index (χ4n) is 10.3. The van der Waals surface area contributed by atoms with Crippen molar-refractivity contribution >= 4 is 29.8 Å². The number of benzene rings is 4. The number of carbonyl (C=O) groups excluding carboxylic acids is 4. The minimum Gasteiger partial charge on any atom is -0.508 e. The van der Waals surface area contributed by atoms with Gasteiger partial charge in [0.25, 0.3) is 0 Å². The number of para-hydroxylation sites is 1. The molecule has 5 aliphatic rings. The first kappa shape index (κ1) is 45.3. The van der Waals surface area contributed by atoms with Gasteiger partial charge in [0.15, 0.2) is 6.04 Å². The second kappa shape index (κ2) is 18.4. The minimum absolute atomic E-state index is 0.0175. The number of esters is 2. The van der Waals surface area contributed by atoms with E-state index in [0.29, 0.717) is 30.4 Å². The summed E-state index contributed by atoms with van der Waals surface area (Å²) >= 11 is 0. The van der Waals surface area contributed by atoms with Crippen LogP contribution in [0.15, 0.2) is 115 Å². The summed E-state index contributed by atoms with van der Waals surface area (Å²) in [6, 6.07) is 31.2. The van der Waals surface area contributed by atoms with Gasteiger partial charge in [-0.25, -0.2) is 0 Å². The van der Waals surface area contributed by atoms with Gasteiger partial charge in [-0.2, -0.15) is 5.06 Å². The van der Waals surface area contributed by atoms with E-state index in [0.717, 1.165) is 16.7 Å². The molecule has 4 heterocycles. The lowest BCUT2D eigenvalue weighted by Gasteiger charge is -2.50. The third kappa shape index (κ3) is 8.64. The van der Waals surface area contributed by atoms with Gasteiger partial charge in [-0.15, -0.1) is 0 Å². The monoisotopic (exact) mass is 899 g/mol. The number of carbonyl (C=O) groups is 4. The fourth-order valence-corrected chi connectivity index (χ4v) is 10.3. The molecule has 14 heteroatoms. The highest BCUT2D eigenvalue weighted by molar-refractivity contribution is 5.96. The Bertz CT molecular complexity index is 2400. The number of fused-ring (bicyclic) bond motifs is 4. The summed E-state index contributed by atoms with van der Waals surface area (Å²) in [5.41, 5.74) is 1.77. The second-order valence-electron chi connectivity index (χ2n) is 18.9. The lowest BCUT2D eigenvalue weighted by molar-refractivity contribution is -0.214. The molecule has 9 rings (SSSR count). The largest absolute Gasteiger partial charge is 0.508 e. The summed E-state index contributed by atoms with van der Waals surface area (Å²) in [4.78, 5) is 65.5. The van der Waals surface area contributed by atoms with E-state index in [2.05, 4.69) is 5.32 Å². The number of rotatable bonds is 14. The molecule has 1 saturated carbocycles. The molecular weight excluding hydrogens is 843 g/mol. The van der Waals surface area contributed by atoms with Crippen molar-refractivity contribution in [1.29, 1.82) is 0 Å². The van der Waals surface area contributed by atoms with Crippen LogP contribution in [0.1, 0.15) is 80.7 Å². The molecule has 2 bridgehead atoms. The Balaban J connectivity index is 1.02. The molecule has 0 spiro atoms. The van der Waals surface area contributed by atoms with Crippen molar-refractivity contribution < 1.29 is 53.2 Å². The maximum Gasteiger partial charge on any atom is 0.327 e. The molecule has 4 aliphatic heterocycles. The van der Waals surface area contributed by atoms with Gasteiger partial charge >= 0.3 is 11.9 Å². The predicted molar refractivity (Wildman–Crippen MR) is 241 cm³/mol. The van der Waals surface area contributed by atoms with E-state index in [9.17, 15) is 24.6 Å². The minimum atomic E-state index is -1.55. The van der Waals surface area contributed by atoms with Crippen LogP contribution in [0.25, 0.3) is 6.08 Å². The van der Waals surface area contributed by atoms with E-state index in [1.807, 2.05) is 109 Å². The molecule has 3 N–H and O–H groups in total. The van der Waals surface area contributed by atoms with Crippen LogP contribution in [0.4, 0.5) is 0 Å². The van der Waals surface area contributed by atoms with E-state index < -0.39 is 89.7 Å². The van der Waals surface area contributed by atoms with Gasteiger partial charge in [0.05, 0.1) is 19.2 Å². The molecule has 4 saturated heterocycles. The van der Waals surface area contributed by atoms with Crippen molar-refractivity contribution in [3.63, 3.8) is 0 Å². The van der Waals surface area contributed by atoms with E-state index >= 15 is 4.79 Å². The summed E-state index contributed by atoms with van der Waals surface area (Å²) in [5.74, 6) is -3.15. The molecule has 0 radical (unpaired) electrons. The summed E-state index contributed by atoms with van der Waals surface area (Å²) in [6.07, 6.45) is 1.94. The number of hydrogen-bond acceptors (Lipinski definition) is 12. The first-order chi connectivity index (χ1) is 31.8. The number of aliphatic hydroxyl groups is 1. The molecular formula is C52H57N3O11. The number of phenols is 1. The van der Waals surface area contributed by atoms with E-state index in [1.54, 1.807) is 42.9 Å². The normalized spacial score (nSPS) is 27.0. The van der Waals surface area contributed by atoms with Crippen LogP contribution in [-0.2, 0) is 61.7 Å². The number of aromatic hydroxyl groups is 1. The van der Waals surface area contributed by atoms with Crippen molar-refractivity contribution in [2.45, 2.75) is 120 Å². The molecule has 0 unspecified atom stereocenters. The molecule has 66 heavy (non-hydrogen) atoms. The van der Waals surface area contributed by atoms with Crippen LogP contribution in [-0.4, -0.2) is 105 Å². The summed E-state index contributed by atoms with van der Waals surface area (Å²) in [5, 5.41) is 24.9. The van der Waals surface area contributed by atoms with Crippen molar-refractivity contribution in [1.82, 2.24) is 15.3 Å². The standard InChI is InChI=1S/C52H57N3O11/c1-50(2,3)63-42(58)28-27-38(32-56)53-47(59)39-21-13-29-54(39)49(61)51-30-41-43-44(65-52(64-43,36-17-6-4-7-18-36)37-19-8-5-9-20-37)46(51)66-55(45(51)48(60)62-41)31-34-25-23-33(24-26-34)14-12-16-35-15-10-11-22-40(35)57/h4-12,14-15,17-20,22-26,38-39,41,43-46,56-57H,13,16,21,27-32H2,1-3H3,(H,53,59)/t38-,39+,41+,43-,44-,45-,46+,51-/m0/s1. The number of amides is 2. The van der Waals surface area contributed by atoms with Crippen LogP contribution in [0.2, 0.25) is 0 Å². The number of allylic oxidation sites excluding steroid dienone is 1. The van der Waals surface area contributed by atoms with Crippen LogP contribution in [0.3, 0.4) is 0 Å². The molecule has 346 valence electrons. The highest BCUT2D eigenvalue weighted by Crippen LogP contribution is 2.60. The van der Waals surface area contributed by atoms with Crippen molar-refractivity contribution in [3.8, 4) is 5.75 Å². The summed E-state index contributed by atoms with van der Waals surface area (Å²) < 4.78 is 25.9. The highest BCUT2D eigenvalue weighted by atomic mass is 16.8.